The maximum atomic E-state index is 13.5. The van der Waals surface area contributed by atoms with Crippen molar-refractivity contribution in [2.45, 2.75) is 90.1 Å². The average molecular weight is 438 g/mol. The number of carbonyl (C=O) groups is 2. The van der Waals surface area contributed by atoms with Gasteiger partial charge >= 0.3 is 5.97 Å². The second-order valence-electron chi connectivity index (χ2n) is 9.28. The monoisotopic (exact) mass is 437 g/mol. The number of carbonyl (C=O) groups excluding carboxylic acids is 2. The van der Waals surface area contributed by atoms with Crippen molar-refractivity contribution < 1.29 is 19.1 Å². The van der Waals surface area contributed by atoms with Crippen LogP contribution in [0.1, 0.15) is 89.5 Å². The highest BCUT2D eigenvalue weighted by Crippen LogP contribution is 2.46. The summed E-state index contributed by atoms with van der Waals surface area (Å²) in [6.07, 6.45) is 9.33. The van der Waals surface area contributed by atoms with Crippen LogP contribution in [0.15, 0.2) is 40.5 Å². The molecule has 0 spiro atoms. The molecule has 2 atom stereocenters. The van der Waals surface area contributed by atoms with E-state index in [4.69, 9.17) is 14.5 Å². The molecule has 0 aromatic heterocycles. The fourth-order valence-corrected chi connectivity index (χ4v) is 5.31. The third kappa shape index (κ3) is 4.82. The predicted molar refractivity (Wildman–Crippen MR) is 125 cm³/mol. The van der Waals surface area contributed by atoms with E-state index in [0.29, 0.717) is 24.3 Å². The Balaban J connectivity index is 1.73. The predicted octanol–water partition coefficient (Wildman–Crippen LogP) is 5.92. The molecule has 0 saturated heterocycles. The molecule has 3 aliphatic rings. The van der Waals surface area contributed by atoms with Gasteiger partial charge in [-0.15, -0.1) is 0 Å². The van der Waals surface area contributed by atoms with Crippen LogP contribution in [0.3, 0.4) is 0 Å². The van der Waals surface area contributed by atoms with E-state index in [0.717, 1.165) is 68.4 Å². The van der Waals surface area contributed by atoms with E-state index in [1.807, 2.05) is 31.2 Å². The van der Waals surface area contributed by atoms with Gasteiger partial charge in [-0.3, -0.25) is 9.79 Å². The number of aliphatic imine (C=N–C) groups is 1. The molecule has 2 aliphatic carbocycles. The number of nitrogens with zero attached hydrogens (tertiary/aromatic N) is 1. The van der Waals surface area contributed by atoms with Crippen molar-refractivity contribution in [1.29, 1.82) is 0 Å². The highest BCUT2D eigenvalue weighted by molar-refractivity contribution is 6.11. The fraction of sp³-hybridized carbons (Fsp3) is 0.593. The molecule has 5 nitrogen and oxygen atoms in total. The number of Topliss-reactive ketones (excluding diaryl/α,β-unsaturated/α-hetero) is 1. The summed E-state index contributed by atoms with van der Waals surface area (Å²) in [6.45, 7) is 4.63. The minimum Gasteiger partial charge on any atom is -0.493 e. The van der Waals surface area contributed by atoms with Crippen LogP contribution in [0.25, 0.3) is 0 Å². The molecule has 1 heterocycles. The highest BCUT2D eigenvalue weighted by atomic mass is 16.5. The van der Waals surface area contributed by atoms with Crippen molar-refractivity contribution in [1.82, 2.24) is 0 Å². The Morgan fingerprint density at radius 3 is 2.62 bits per heavy atom. The van der Waals surface area contributed by atoms with Crippen LogP contribution in [0.4, 0.5) is 0 Å². The van der Waals surface area contributed by atoms with Crippen molar-refractivity contribution >= 4 is 17.5 Å². The second-order valence-corrected chi connectivity index (χ2v) is 9.28. The topological polar surface area (TPSA) is 65.0 Å². The minimum absolute atomic E-state index is 0.0410. The summed E-state index contributed by atoms with van der Waals surface area (Å²) in [7, 11) is 0. The summed E-state index contributed by atoms with van der Waals surface area (Å²) in [4.78, 5) is 31.4. The van der Waals surface area contributed by atoms with E-state index in [-0.39, 0.29) is 17.9 Å². The van der Waals surface area contributed by atoms with E-state index in [9.17, 15) is 9.59 Å². The lowest BCUT2D eigenvalue weighted by molar-refractivity contribution is -0.146. The first kappa shape index (κ1) is 22.8. The minimum atomic E-state index is -0.405. The lowest BCUT2D eigenvalue weighted by atomic mass is 9.69. The maximum absolute atomic E-state index is 13.5. The summed E-state index contributed by atoms with van der Waals surface area (Å²) in [6, 6.07) is 7.85. The second kappa shape index (κ2) is 10.5. The molecular weight excluding hydrogens is 402 g/mol. The lowest BCUT2D eigenvalue weighted by Gasteiger charge is -2.36. The van der Waals surface area contributed by atoms with Gasteiger partial charge in [0.15, 0.2) is 0 Å². The SMILES string of the molecule is CCCCOc1ccccc1[C@H]1C(C(=O)OC2CCCCC2)=C(C)N=C2CCCC(=O)C21. The molecule has 2 fully saturated rings. The van der Waals surface area contributed by atoms with Gasteiger partial charge in [0.25, 0.3) is 0 Å². The Morgan fingerprint density at radius 2 is 1.84 bits per heavy atom. The largest absolute Gasteiger partial charge is 0.493 e. The third-order valence-electron chi connectivity index (χ3n) is 6.96. The molecule has 5 heteroatoms. The number of unbranched alkanes of at least 4 members (excludes halogenated alkanes) is 1. The van der Waals surface area contributed by atoms with E-state index in [1.165, 1.54) is 6.42 Å². The Kier molecular flexibility index (Phi) is 7.44. The van der Waals surface area contributed by atoms with E-state index >= 15 is 0 Å². The number of hydrogen-bond acceptors (Lipinski definition) is 5. The van der Waals surface area contributed by atoms with E-state index in [2.05, 4.69) is 6.92 Å². The van der Waals surface area contributed by atoms with Crippen LogP contribution in [0.2, 0.25) is 0 Å². The molecule has 1 aromatic carbocycles. The number of ether oxygens (including phenoxy) is 2. The van der Waals surface area contributed by atoms with E-state index in [1.54, 1.807) is 0 Å². The van der Waals surface area contributed by atoms with E-state index < -0.39 is 11.8 Å². The van der Waals surface area contributed by atoms with Crippen LogP contribution in [0.5, 0.6) is 5.75 Å². The highest BCUT2D eigenvalue weighted by Gasteiger charge is 2.45. The zero-order valence-electron chi connectivity index (χ0n) is 19.4. The Bertz CT molecular complexity index is 910. The van der Waals surface area contributed by atoms with Gasteiger partial charge < -0.3 is 9.47 Å². The van der Waals surface area contributed by atoms with Crippen molar-refractivity contribution in [2.24, 2.45) is 10.9 Å². The van der Waals surface area contributed by atoms with Crippen LogP contribution in [0, 0.1) is 5.92 Å². The number of allylic oxidation sites excluding steroid dienone is 1. The molecule has 172 valence electrons. The Labute approximate surface area is 191 Å². The number of ketones is 1. The molecule has 0 N–H and O–H groups in total. The first-order valence-corrected chi connectivity index (χ1v) is 12.3. The summed E-state index contributed by atoms with van der Waals surface area (Å²) in [5, 5.41) is 0. The number of rotatable bonds is 7. The van der Waals surface area contributed by atoms with Crippen LogP contribution >= 0.6 is 0 Å². The van der Waals surface area contributed by atoms with Crippen molar-refractivity contribution in [3.8, 4) is 5.75 Å². The van der Waals surface area contributed by atoms with Gasteiger partial charge in [-0.2, -0.15) is 0 Å². The quantitative estimate of drug-likeness (QED) is 0.392. The molecule has 0 amide bonds. The number of benzene rings is 1. The zero-order chi connectivity index (χ0) is 22.5. The molecule has 32 heavy (non-hydrogen) atoms. The van der Waals surface area contributed by atoms with Gasteiger partial charge in [0.05, 0.1) is 18.1 Å². The number of para-hydroxylation sites is 1. The average Bonchev–Trinajstić information content (AvgIpc) is 2.79. The standard InChI is InChI=1S/C27H35NO4/c1-3-4-17-31-23-16-9-8-13-20(23)25-24(27(30)32-19-11-6-5-7-12-19)18(2)28-21-14-10-15-22(29)26(21)25/h8-9,13,16,19,25-26H,3-7,10-12,14-15,17H2,1-2H3/t25-,26?/m0/s1. The molecule has 0 radical (unpaired) electrons. The molecule has 1 unspecified atom stereocenters. The van der Waals surface area contributed by atoms with Gasteiger partial charge in [0, 0.05) is 29.3 Å². The van der Waals surface area contributed by atoms with Crippen molar-refractivity contribution in [3.05, 3.63) is 41.1 Å². The lowest BCUT2D eigenvalue weighted by Crippen LogP contribution is -2.39. The molecule has 1 aliphatic heterocycles. The summed E-state index contributed by atoms with van der Waals surface area (Å²) >= 11 is 0. The smallest absolute Gasteiger partial charge is 0.336 e. The van der Waals surface area contributed by atoms with Crippen LogP contribution in [-0.4, -0.2) is 30.2 Å². The Hall–Kier alpha value is -2.43. The molecule has 1 aromatic rings. The van der Waals surface area contributed by atoms with Gasteiger partial charge in [0.1, 0.15) is 17.6 Å². The molecule has 4 rings (SSSR count). The number of fused-ring (bicyclic) bond motifs is 1. The van der Waals surface area contributed by atoms with Crippen LogP contribution in [-0.2, 0) is 14.3 Å². The van der Waals surface area contributed by atoms with Gasteiger partial charge in [-0.25, -0.2) is 4.79 Å². The molecule has 0 bridgehead atoms. The summed E-state index contributed by atoms with van der Waals surface area (Å²) in [5.41, 5.74) is 3.01. The zero-order valence-corrected chi connectivity index (χ0v) is 19.4. The first-order chi connectivity index (χ1) is 15.6. The fourth-order valence-electron chi connectivity index (χ4n) is 5.31. The third-order valence-corrected chi connectivity index (χ3v) is 6.96. The van der Waals surface area contributed by atoms with Crippen molar-refractivity contribution in [2.75, 3.05) is 6.61 Å². The van der Waals surface area contributed by atoms with Crippen LogP contribution < -0.4 is 4.74 Å². The first-order valence-electron chi connectivity index (χ1n) is 12.3. The van der Waals surface area contributed by atoms with Gasteiger partial charge in [0.2, 0.25) is 0 Å². The molecular formula is C27H35NO4. The van der Waals surface area contributed by atoms with Crippen molar-refractivity contribution in [3.63, 3.8) is 0 Å². The van der Waals surface area contributed by atoms with Gasteiger partial charge in [-0.05, 0) is 57.9 Å². The number of hydrogen-bond donors (Lipinski definition) is 0. The maximum Gasteiger partial charge on any atom is 0.336 e. The summed E-state index contributed by atoms with van der Waals surface area (Å²) < 4.78 is 12.1. The summed E-state index contributed by atoms with van der Waals surface area (Å²) in [5.74, 6) is -0.203. The Morgan fingerprint density at radius 1 is 1.06 bits per heavy atom. The normalized spacial score (nSPS) is 24.1. The van der Waals surface area contributed by atoms with Gasteiger partial charge in [-0.1, -0.05) is 38.0 Å². The molecule has 2 saturated carbocycles. The number of esters is 1.